The fourth-order valence-corrected chi connectivity index (χ4v) is 3.34. The first-order chi connectivity index (χ1) is 11.7. The minimum atomic E-state index is -0.0393. The lowest BCUT2D eigenvalue weighted by Gasteiger charge is -2.07. The number of fused-ring (bicyclic) bond motifs is 1. The van der Waals surface area contributed by atoms with Crippen LogP contribution in [0.15, 0.2) is 39.6 Å². The van der Waals surface area contributed by atoms with Gasteiger partial charge in [0.1, 0.15) is 0 Å². The standard InChI is InChI=1S/C18H21N3O2S/c1-3-4-9-16-20-18(23-21-16)12(2)24-11-14-10-13-7-5-6-8-15(13)19-17(14)22/h5-8,10,12H,3-4,9,11H2,1-2H3,(H,19,22). The number of hydrogen-bond acceptors (Lipinski definition) is 5. The van der Waals surface area contributed by atoms with Crippen LogP contribution < -0.4 is 5.56 Å². The second-order valence-electron chi connectivity index (χ2n) is 5.82. The van der Waals surface area contributed by atoms with Crippen molar-refractivity contribution in [1.29, 1.82) is 0 Å². The molecule has 0 amide bonds. The van der Waals surface area contributed by atoms with Crippen LogP contribution in [0.1, 0.15) is 49.2 Å². The van der Waals surface area contributed by atoms with E-state index >= 15 is 0 Å². The third-order valence-electron chi connectivity index (χ3n) is 3.90. The molecule has 1 N–H and O–H groups in total. The summed E-state index contributed by atoms with van der Waals surface area (Å²) in [5.74, 6) is 2.00. The maximum absolute atomic E-state index is 12.2. The largest absolute Gasteiger partial charge is 0.338 e. The summed E-state index contributed by atoms with van der Waals surface area (Å²) in [6, 6.07) is 9.75. The lowest BCUT2D eigenvalue weighted by molar-refractivity contribution is 0.374. The first-order valence-electron chi connectivity index (χ1n) is 8.22. The zero-order valence-electron chi connectivity index (χ0n) is 13.9. The number of aryl methyl sites for hydroxylation is 1. The van der Waals surface area contributed by atoms with Gasteiger partial charge < -0.3 is 9.51 Å². The molecule has 1 unspecified atom stereocenters. The Balaban J connectivity index is 1.67. The summed E-state index contributed by atoms with van der Waals surface area (Å²) in [5, 5.41) is 5.12. The fraction of sp³-hybridized carbons (Fsp3) is 0.389. The molecule has 0 radical (unpaired) electrons. The summed E-state index contributed by atoms with van der Waals surface area (Å²) in [7, 11) is 0. The summed E-state index contributed by atoms with van der Waals surface area (Å²) in [4.78, 5) is 19.6. The summed E-state index contributed by atoms with van der Waals surface area (Å²) in [5.41, 5.74) is 1.58. The van der Waals surface area contributed by atoms with Gasteiger partial charge in [0.2, 0.25) is 5.89 Å². The Kier molecular flexibility index (Phi) is 5.35. The molecule has 2 aromatic heterocycles. The minimum Gasteiger partial charge on any atom is -0.338 e. The van der Waals surface area contributed by atoms with Gasteiger partial charge in [-0.25, -0.2) is 0 Å². The van der Waals surface area contributed by atoms with Crippen molar-refractivity contribution in [2.24, 2.45) is 0 Å². The van der Waals surface area contributed by atoms with Crippen LogP contribution in [0.5, 0.6) is 0 Å². The van der Waals surface area contributed by atoms with Gasteiger partial charge in [0.05, 0.1) is 5.25 Å². The second kappa shape index (κ2) is 7.66. The van der Waals surface area contributed by atoms with E-state index in [2.05, 4.69) is 22.0 Å². The van der Waals surface area contributed by atoms with Crippen molar-refractivity contribution >= 4 is 22.7 Å². The van der Waals surface area contributed by atoms with Crippen LogP contribution in [0, 0.1) is 0 Å². The number of thioether (sulfide) groups is 1. The van der Waals surface area contributed by atoms with Crippen molar-refractivity contribution in [2.75, 3.05) is 0 Å². The number of pyridine rings is 1. The van der Waals surface area contributed by atoms with E-state index in [0.717, 1.165) is 41.6 Å². The van der Waals surface area contributed by atoms with Crippen molar-refractivity contribution in [3.63, 3.8) is 0 Å². The maximum atomic E-state index is 12.2. The van der Waals surface area contributed by atoms with Crippen LogP contribution in [-0.4, -0.2) is 15.1 Å². The molecule has 1 aromatic carbocycles. The molecule has 5 nitrogen and oxygen atoms in total. The Morgan fingerprint density at radius 2 is 2.17 bits per heavy atom. The van der Waals surface area contributed by atoms with Gasteiger partial charge in [-0.3, -0.25) is 4.79 Å². The Labute approximate surface area is 144 Å². The normalized spacial score (nSPS) is 12.6. The summed E-state index contributed by atoms with van der Waals surface area (Å²) in [6.45, 7) is 4.16. The van der Waals surface area contributed by atoms with Gasteiger partial charge in [0, 0.05) is 23.3 Å². The highest BCUT2D eigenvalue weighted by Gasteiger charge is 2.15. The Bertz CT molecular complexity index is 872. The first kappa shape index (κ1) is 16.8. The van der Waals surface area contributed by atoms with Crippen LogP contribution in [-0.2, 0) is 12.2 Å². The molecular formula is C18H21N3O2S. The number of rotatable bonds is 7. The number of unbranched alkanes of at least 4 members (excludes halogenated alkanes) is 1. The quantitative estimate of drug-likeness (QED) is 0.694. The highest BCUT2D eigenvalue weighted by Crippen LogP contribution is 2.29. The topological polar surface area (TPSA) is 71.8 Å². The van der Waals surface area contributed by atoms with Gasteiger partial charge in [-0.2, -0.15) is 4.98 Å². The van der Waals surface area contributed by atoms with E-state index in [9.17, 15) is 4.79 Å². The second-order valence-corrected chi connectivity index (χ2v) is 7.15. The van der Waals surface area contributed by atoms with Crippen molar-refractivity contribution in [3.8, 4) is 0 Å². The summed E-state index contributed by atoms with van der Waals surface area (Å²) in [6.07, 6.45) is 3.02. The Morgan fingerprint density at radius 1 is 1.33 bits per heavy atom. The molecule has 3 rings (SSSR count). The number of nitrogens with one attached hydrogen (secondary N) is 1. The molecule has 126 valence electrons. The minimum absolute atomic E-state index is 0.0393. The van der Waals surface area contributed by atoms with Crippen molar-refractivity contribution in [2.45, 2.75) is 44.1 Å². The van der Waals surface area contributed by atoms with Crippen LogP contribution in [0.2, 0.25) is 0 Å². The van der Waals surface area contributed by atoms with Crippen LogP contribution >= 0.6 is 11.8 Å². The number of benzene rings is 1. The van der Waals surface area contributed by atoms with E-state index in [1.54, 1.807) is 11.8 Å². The molecule has 0 saturated heterocycles. The number of nitrogens with zero attached hydrogens (tertiary/aromatic N) is 2. The number of aromatic amines is 1. The average Bonchev–Trinajstić information content (AvgIpc) is 3.07. The molecule has 2 heterocycles. The SMILES string of the molecule is CCCCc1noc(C(C)SCc2cc3ccccc3[nH]c2=O)n1. The van der Waals surface area contributed by atoms with Crippen LogP contribution in [0.3, 0.4) is 0 Å². The van der Waals surface area contributed by atoms with Crippen LogP contribution in [0.25, 0.3) is 10.9 Å². The number of aromatic nitrogens is 3. The number of H-pyrrole nitrogens is 1. The van der Waals surface area contributed by atoms with E-state index in [0.29, 0.717) is 11.6 Å². The maximum Gasteiger partial charge on any atom is 0.252 e. The van der Waals surface area contributed by atoms with Gasteiger partial charge in [-0.1, -0.05) is 36.7 Å². The molecule has 0 aliphatic rings. The molecule has 1 atom stereocenters. The van der Waals surface area contributed by atoms with Crippen molar-refractivity contribution in [3.05, 3.63) is 58.0 Å². The third-order valence-corrected chi connectivity index (χ3v) is 5.08. The number of hydrogen-bond donors (Lipinski definition) is 1. The molecule has 24 heavy (non-hydrogen) atoms. The van der Waals surface area contributed by atoms with E-state index in [4.69, 9.17) is 4.52 Å². The fourth-order valence-electron chi connectivity index (χ4n) is 2.45. The van der Waals surface area contributed by atoms with Crippen LogP contribution in [0.4, 0.5) is 0 Å². The van der Waals surface area contributed by atoms with Gasteiger partial charge >= 0.3 is 0 Å². The molecule has 0 aliphatic heterocycles. The molecule has 3 aromatic rings. The van der Waals surface area contributed by atoms with Gasteiger partial charge in [0.15, 0.2) is 5.82 Å². The van der Waals surface area contributed by atoms with Gasteiger partial charge in [0.25, 0.3) is 5.56 Å². The lowest BCUT2D eigenvalue weighted by Crippen LogP contribution is -2.11. The molecule has 0 fully saturated rings. The summed E-state index contributed by atoms with van der Waals surface area (Å²) < 4.78 is 5.34. The zero-order valence-corrected chi connectivity index (χ0v) is 14.7. The number of para-hydroxylation sites is 1. The first-order valence-corrected chi connectivity index (χ1v) is 9.27. The lowest BCUT2D eigenvalue weighted by atomic mass is 10.2. The predicted molar refractivity (Wildman–Crippen MR) is 97.2 cm³/mol. The molecular weight excluding hydrogens is 322 g/mol. The van der Waals surface area contributed by atoms with Gasteiger partial charge in [-0.05, 0) is 30.9 Å². The molecule has 0 bridgehead atoms. The molecule has 6 heteroatoms. The third kappa shape index (κ3) is 3.87. The van der Waals surface area contributed by atoms with E-state index in [1.807, 2.05) is 37.3 Å². The van der Waals surface area contributed by atoms with E-state index < -0.39 is 0 Å². The predicted octanol–water partition coefficient (Wildman–Crippen LogP) is 4.25. The van der Waals surface area contributed by atoms with E-state index in [-0.39, 0.29) is 10.8 Å². The zero-order chi connectivity index (χ0) is 16.9. The highest BCUT2D eigenvalue weighted by atomic mass is 32.2. The molecule has 0 aliphatic carbocycles. The monoisotopic (exact) mass is 343 g/mol. The molecule has 0 spiro atoms. The van der Waals surface area contributed by atoms with Gasteiger partial charge in [-0.15, -0.1) is 11.8 Å². The Morgan fingerprint density at radius 3 is 3.00 bits per heavy atom. The molecule has 0 saturated carbocycles. The smallest absolute Gasteiger partial charge is 0.252 e. The highest BCUT2D eigenvalue weighted by molar-refractivity contribution is 7.98. The van der Waals surface area contributed by atoms with E-state index in [1.165, 1.54) is 0 Å². The summed E-state index contributed by atoms with van der Waals surface area (Å²) >= 11 is 1.63. The van der Waals surface area contributed by atoms with Crippen molar-refractivity contribution < 1.29 is 4.52 Å². The van der Waals surface area contributed by atoms with Crippen molar-refractivity contribution in [1.82, 2.24) is 15.1 Å². The average molecular weight is 343 g/mol. The Hall–Kier alpha value is -2.08.